The number of nitrogens with zero attached hydrogens (tertiary/aromatic N) is 2. The van der Waals surface area contributed by atoms with Crippen molar-refractivity contribution >= 4 is 50.4 Å². The molecule has 0 fully saturated rings. The van der Waals surface area contributed by atoms with Gasteiger partial charge in [0, 0.05) is 13.1 Å². The normalized spacial score (nSPS) is 10.8. The zero-order chi connectivity index (χ0) is 15.2. The summed E-state index contributed by atoms with van der Waals surface area (Å²) in [4.78, 5) is 15.1. The van der Waals surface area contributed by atoms with E-state index in [1.807, 2.05) is 24.3 Å². The third kappa shape index (κ3) is 3.98. The molecule has 0 saturated carbocycles. The van der Waals surface area contributed by atoms with Crippen LogP contribution >= 0.6 is 23.6 Å². The number of thiocarbonyl (C=S) groups is 1. The van der Waals surface area contributed by atoms with E-state index in [1.54, 1.807) is 0 Å². The summed E-state index contributed by atoms with van der Waals surface area (Å²) >= 11 is 6.37. The topological polar surface area (TPSA) is 89.8 Å². The first kappa shape index (κ1) is 14.9. The molecule has 1 aromatic carbocycles. The number of hydrogen-bond acceptors (Lipinski definition) is 5. The summed E-state index contributed by atoms with van der Waals surface area (Å²) < 4.78 is 1.01. The number of nitriles is 1. The Morgan fingerprint density at radius 2 is 2.19 bits per heavy atom. The van der Waals surface area contributed by atoms with Crippen molar-refractivity contribution in [2.24, 2.45) is 0 Å². The highest BCUT2D eigenvalue weighted by atomic mass is 32.1. The number of nitrogens with one attached hydrogen (secondary N) is 3. The highest BCUT2D eigenvalue weighted by molar-refractivity contribution is 7.80. The lowest BCUT2D eigenvalue weighted by Gasteiger charge is -2.06. The Kier molecular flexibility index (Phi) is 4.81. The lowest BCUT2D eigenvalue weighted by molar-refractivity contribution is -0.119. The zero-order valence-corrected chi connectivity index (χ0v) is 12.6. The van der Waals surface area contributed by atoms with Crippen LogP contribution in [0.25, 0.3) is 15.8 Å². The molecule has 0 aliphatic heterocycles. The molecule has 0 unspecified atom stereocenters. The number of fused-ring (bicyclic) bond motifs is 1. The Morgan fingerprint density at radius 3 is 2.86 bits per heavy atom. The van der Waals surface area contributed by atoms with Crippen LogP contribution in [-0.2, 0) is 4.79 Å². The van der Waals surface area contributed by atoms with E-state index in [-0.39, 0.29) is 11.0 Å². The van der Waals surface area contributed by atoms with Gasteiger partial charge >= 0.3 is 0 Å². The maximum Gasteiger partial charge on any atom is 0.235 e. The summed E-state index contributed by atoms with van der Waals surface area (Å²) in [5.74, 6) is -0.269. The summed E-state index contributed by atoms with van der Waals surface area (Å²) in [6.07, 6.45) is 1.45. The summed E-state index contributed by atoms with van der Waals surface area (Å²) in [6.45, 7) is 1.35. The van der Waals surface area contributed by atoms with Crippen molar-refractivity contribution in [3.05, 3.63) is 35.5 Å². The molecule has 0 spiro atoms. The SMILES string of the molecule is CC(=O)NNC(=S)NC=C(C#N)c1nc2ccccc2s1. The van der Waals surface area contributed by atoms with Crippen LogP contribution in [0.15, 0.2) is 30.5 Å². The fraction of sp³-hybridized carbons (Fsp3) is 0.0769. The van der Waals surface area contributed by atoms with Gasteiger partial charge in [-0.15, -0.1) is 11.3 Å². The average molecular weight is 317 g/mol. The quantitative estimate of drug-likeness (QED) is 0.443. The molecular weight excluding hydrogens is 306 g/mol. The monoisotopic (exact) mass is 317 g/mol. The molecule has 1 amide bonds. The first-order valence-corrected chi connectivity index (χ1v) is 7.12. The number of amides is 1. The first-order valence-electron chi connectivity index (χ1n) is 5.89. The van der Waals surface area contributed by atoms with Gasteiger partial charge in [-0.3, -0.25) is 15.6 Å². The van der Waals surface area contributed by atoms with Crippen molar-refractivity contribution in [2.75, 3.05) is 0 Å². The van der Waals surface area contributed by atoms with E-state index in [1.165, 1.54) is 24.5 Å². The molecule has 0 radical (unpaired) electrons. The second-order valence-electron chi connectivity index (χ2n) is 3.94. The number of hydrogen-bond donors (Lipinski definition) is 3. The minimum Gasteiger partial charge on any atom is -0.336 e. The maximum absolute atomic E-state index is 10.7. The van der Waals surface area contributed by atoms with Gasteiger partial charge in [0.05, 0.1) is 10.2 Å². The van der Waals surface area contributed by atoms with Crippen LogP contribution in [0, 0.1) is 11.3 Å². The van der Waals surface area contributed by atoms with Crippen molar-refractivity contribution in [3.63, 3.8) is 0 Å². The number of carbonyl (C=O) groups excluding carboxylic acids is 1. The molecule has 0 saturated heterocycles. The maximum atomic E-state index is 10.7. The highest BCUT2D eigenvalue weighted by Crippen LogP contribution is 2.26. The van der Waals surface area contributed by atoms with Crippen molar-refractivity contribution in [2.45, 2.75) is 6.92 Å². The second-order valence-corrected chi connectivity index (χ2v) is 5.38. The summed E-state index contributed by atoms with van der Waals surface area (Å²) in [6, 6.07) is 9.72. The molecule has 1 heterocycles. The van der Waals surface area contributed by atoms with Gasteiger partial charge < -0.3 is 5.32 Å². The predicted octanol–water partition coefficient (Wildman–Crippen LogP) is 1.68. The van der Waals surface area contributed by atoms with Gasteiger partial charge in [-0.25, -0.2) is 4.98 Å². The number of carbonyl (C=O) groups is 1. The van der Waals surface area contributed by atoms with Gasteiger partial charge in [0.25, 0.3) is 0 Å². The van der Waals surface area contributed by atoms with Crippen molar-refractivity contribution in [3.8, 4) is 6.07 Å². The van der Waals surface area contributed by atoms with Gasteiger partial charge in [0.15, 0.2) is 5.11 Å². The van der Waals surface area contributed by atoms with E-state index in [0.717, 1.165) is 10.2 Å². The number of thiazole rings is 1. The number of aromatic nitrogens is 1. The van der Waals surface area contributed by atoms with Crippen LogP contribution in [-0.4, -0.2) is 16.0 Å². The third-order valence-electron chi connectivity index (χ3n) is 2.34. The smallest absolute Gasteiger partial charge is 0.235 e. The number of hydrazine groups is 1. The molecule has 0 bridgehead atoms. The molecule has 6 nitrogen and oxygen atoms in total. The van der Waals surface area contributed by atoms with Gasteiger partial charge in [-0.1, -0.05) is 12.1 Å². The lowest BCUT2D eigenvalue weighted by Crippen LogP contribution is -2.44. The second kappa shape index (κ2) is 6.78. The van der Waals surface area contributed by atoms with E-state index in [9.17, 15) is 10.1 Å². The fourth-order valence-electron chi connectivity index (χ4n) is 1.45. The van der Waals surface area contributed by atoms with E-state index >= 15 is 0 Å². The van der Waals surface area contributed by atoms with E-state index in [2.05, 4.69) is 27.2 Å². The van der Waals surface area contributed by atoms with Crippen molar-refractivity contribution in [1.29, 1.82) is 5.26 Å². The Hall–Kier alpha value is -2.50. The first-order chi connectivity index (χ1) is 10.1. The number of para-hydroxylation sites is 1. The van der Waals surface area contributed by atoms with Crippen LogP contribution in [0.3, 0.4) is 0 Å². The number of benzene rings is 1. The van der Waals surface area contributed by atoms with Crippen LogP contribution < -0.4 is 16.2 Å². The molecule has 0 atom stereocenters. The molecule has 21 heavy (non-hydrogen) atoms. The molecular formula is C13H11N5OS2. The van der Waals surface area contributed by atoms with Crippen LogP contribution in [0.1, 0.15) is 11.9 Å². The molecule has 106 valence electrons. The standard InChI is InChI=1S/C13H11N5OS2/c1-8(19)17-18-13(20)15-7-9(6-14)12-16-10-4-2-3-5-11(10)21-12/h2-5,7H,1H3,(H,17,19)(H2,15,18,20). The minimum atomic E-state index is -0.269. The molecule has 2 rings (SSSR count). The Labute approximate surface area is 130 Å². The Morgan fingerprint density at radius 1 is 1.43 bits per heavy atom. The molecule has 8 heteroatoms. The lowest BCUT2D eigenvalue weighted by atomic mass is 10.3. The number of allylic oxidation sites excluding steroid dienone is 1. The van der Waals surface area contributed by atoms with Crippen molar-refractivity contribution < 1.29 is 4.79 Å². The predicted molar refractivity (Wildman–Crippen MR) is 85.9 cm³/mol. The van der Waals surface area contributed by atoms with E-state index < -0.39 is 0 Å². The molecule has 0 aliphatic rings. The van der Waals surface area contributed by atoms with Gasteiger partial charge in [-0.2, -0.15) is 5.26 Å². The van der Waals surface area contributed by atoms with Crippen LogP contribution in [0.2, 0.25) is 0 Å². The molecule has 1 aromatic heterocycles. The summed E-state index contributed by atoms with van der Waals surface area (Å²) in [5, 5.41) is 12.7. The summed E-state index contributed by atoms with van der Waals surface area (Å²) in [5.41, 5.74) is 6.03. The van der Waals surface area contributed by atoms with Crippen LogP contribution in [0.4, 0.5) is 0 Å². The van der Waals surface area contributed by atoms with Crippen molar-refractivity contribution in [1.82, 2.24) is 21.2 Å². The molecule has 0 aliphatic carbocycles. The molecule has 3 N–H and O–H groups in total. The fourth-order valence-corrected chi connectivity index (χ4v) is 2.49. The largest absolute Gasteiger partial charge is 0.336 e. The minimum absolute atomic E-state index is 0.180. The Balaban J connectivity index is 2.12. The Bertz CT molecular complexity index is 726. The van der Waals surface area contributed by atoms with Gasteiger partial charge in [0.1, 0.15) is 16.6 Å². The third-order valence-corrected chi connectivity index (χ3v) is 3.63. The van der Waals surface area contributed by atoms with Gasteiger partial charge in [0.2, 0.25) is 5.91 Å². The zero-order valence-electron chi connectivity index (χ0n) is 11.0. The molecule has 2 aromatic rings. The van der Waals surface area contributed by atoms with E-state index in [0.29, 0.717) is 10.6 Å². The van der Waals surface area contributed by atoms with E-state index in [4.69, 9.17) is 12.2 Å². The number of rotatable bonds is 2. The summed E-state index contributed by atoms with van der Waals surface area (Å²) in [7, 11) is 0. The van der Waals surface area contributed by atoms with Gasteiger partial charge in [-0.05, 0) is 24.4 Å². The van der Waals surface area contributed by atoms with Crippen LogP contribution in [0.5, 0.6) is 0 Å². The average Bonchev–Trinajstić information content (AvgIpc) is 2.89. The highest BCUT2D eigenvalue weighted by Gasteiger charge is 2.08.